The minimum absolute atomic E-state index is 0.0651. The predicted molar refractivity (Wildman–Crippen MR) is 106 cm³/mol. The van der Waals surface area contributed by atoms with Gasteiger partial charge in [-0.2, -0.15) is 5.10 Å². The van der Waals surface area contributed by atoms with Crippen molar-refractivity contribution in [1.29, 1.82) is 0 Å². The second-order valence-electron chi connectivity index (χ2n) is 7.31. The van der Waals surface area contributed by atoms with Gasteiger partial charge in [-0.15, -0.1) is 0 Å². The number of piperidine rings is 1. The summed E-state index contributed by atoms with van der Waals surface area (Å²) >= 11 is 0. The molecule has 0 bridgehead atoms. The number of hydrogen-bond acceptors (Lipinski definition) is 5. The fourth-order valence-electron chi connectivity index (χ4n) is 3.67. The third kappa shape index (κ3) is 4.09. The van der Waals surface area contributed by atoms with Crippen molar-refractivity contribution in [3.8, 4) is 5.69 Å². The first kappa shape index (κ1) is 20.1. The Hall–Kier alpha value is -2.67. The van der Waals surface area contributed by atoms with Crippen LogP contribution in [0.1, 0.15) is 46.9 Å². The van der Waals surface area contributed by atoms with E-state index in [0.717, 1.165) is 42.9 Å². The standard InChI is InChI=1S/C21H28N4O3/c1-4-28-21(27)17-12-23-25(18-7-5-6-14(2)15(18)3)19(17)13-24-10-8-16(9-11-24)20(22)26/h5-7,12,16H,4,8-11,13H2,1-3H3,(H2,22,26). The zero-order valence-electron chi connectivity index (χ0n) is 16.8. The average molecular weight is 384 g/mol. The van der Waals surface area contributed by atoms with E-state index in [1.807, 2.05) is 16.8 Å². The van der Waals surface area contributed by atoms with Gasteiger partial charge in [-0.05, 0) is 63.9 Å². The zero-order valence-corrected chi connectivity index (χ0v) is 16.8. The second kappa shape index (κ2) is 8.56. The Labute approximate surface area is 165 Å². The van der Waals surface area contributed by atoms with Crippen molar-refractivity contribution in [1.82, 2.24) is 14.7 Å². The third-order valence-corrected chi connectivity index (χ3v) is 5.53. The Bertz CT molecular complexity index is 867. The summed E-state index contributed by atoms with van der Waals surface area (Å²) in [5.41, 5.74) is 9.98. The summed E-state index contributed by atoms with van der Waals surface area (Å²) in [7, 11) is 0. The van der Waals surface area contributed by atoms with E-state index in [1.54, 1.807) is 13.1 Å². The number of likely N-dealkylation sites (tertiary alicyclic amines) is 1. The summed E-state index contributed by atoms with van der Waals surface area (Å²) in [6, 6.07) is 6.06. The molecular formula is C21H28N4O3. The maximum atomic E-state index is 12.5. The largest absolute Gasteiger partial charge is 0.462 e. The van der Waals surface area contributed by atoms with Crippen LogP contribution in [0.4, 0.5) is 0 Å². The molecule has 3 rings (SSSR count). The van der Waals surface area contributed by atoms with Gasteiger partial charge in [-0.3, -0.25) is 9.69 Å². The SMILES string of the molecule is CCOC(=O)c1cnn(-c2cccc(C)c2C)c1CN1CCC(C(N)=O)CC1. The average Bonchev–Trinajstić information content (AvgIpc) is 3.08. The Balaban J connectivity index is 1.93. The number of amides is 1. The summed E-state index contributed by atoms with van der Waals surface area (Å²) in [6.45, 7) is 8.30. The number of carbonyl (C=O) groups excluding carboxylic acids is 2. The van der Waals surface area contributed by atoms with E-state index in [4.69, 9.17) is 10.5 Å². The highest BCUT2D eigenvalue weighted by Crippen LogP contribution is 2.24. The molecule has 0 saturated carbocycles. The monoisotopic (exact) mass is 384 g/mol. The van der Waals surface area contributed by atoms with Gasteiger partial charge in [0.1, 0.15) is 5.56 Å². The molecule has 1 aromatic heterocycles. The van der Waals surface area contributed by atoms with Crippen molar-refractivity contribution in [2.45, 2.75) is 40.2 Å². The van der Waals surface area contributed by atoms with Crippen molar-refractivity contribution in [3.05, 3.63) is 46.8 Å². The van der Waals surface area contributed by atoms with Crippen LogP contribution in [0.5, 0.6) is 0 Å². The van der Waals surface area contributed by atoms with E-state index in [1.165, 1.54) is 5.56 Å². The fourth-order valence-corrected chi connectivity index (χ4v) is 3.67. The van der Waals surface area contributed by atoms with Gasteiger partial charge >= 0.3 is 5.97 Å². The summed E-state index contributed by atoms with van der Waals surface area (Å²) in [4.78, 5) is 26.2. The van der Waals surface area contributed by atoms with Crippen LogP contribution < -0.4 is 5.73 Å². The third-order valence-electron chi connectivity index (χ3n) is 5.53. The van der Waals surface area contributed by atoms with E-state index < -0.39 is 0 Å². The van der Waals surface area contributed by atoms with Crippen LogP contribution in [0.15, 0.2) is 24.4 Å². The number of primary amides is 1. The molecule has 1 amide bonds. The summed E-state index contributed by atoms with van der Waals surface area (Å²) in [6.07, 6.45) is 3.06. The van der Waals surface area contributed by atoms with E-state index in [9.17, 15) is 9.59 Å². The van der Waals surface area contributed by atoms with Gasteiger partial charge in [-0.1, -0.05) is 12.1 Å². The first-order valence-corrected chi connectivity index (χ1v) is 9.74. The van der Waals surface area contributed by atoms with Gasteiger partial charge in [0, 0.05) is 12.5 Å². The molecule has 150 valence electrons. The highest BCUT2D eigenvalue weighted by Gasteiger charge is 2.27. The number of nitrogens with two attached hydrogens (primary N) is 1. The van der Waals surface area contributed by atoms with Gasteiger partial charge in [-0.25, -0.2) is 9.48 Å². The Morgan fingerprint density at radius 3 is 2.61 bits per heavy atom. The molecule has 28 heavy (non-hydrogen) atoms. The van der Waals surface area contributed by atoms with E-state index in [0.29, 0.717) is 18.7 Å². The number of aryl methyl sites for hydroxylation is 1. The molecule has 7 nitrogen and oxygen atoms in total. The van der Waals surface area contributed by atoms with E-state index >= 15 is 0 Å². The molecule has 1 aromatic carbocycles. The highest BCUT2D eigenvalue weighted by atomic mass is 16.5. The normalized spacial score (nSPS) is 15.5. The number of aromatic nitrogens is 2. The predicted octanol–water partition coefficient (Wildman–Crippen LogP) is 2.36. The lowest BCUT2D eigenvalue weighted by Crippen LogP contribution is -2.38. The topological polar surface area (TPSA) is 90.4 Å². The minimum Gasteiger partial charge on any atom is -0.462 e. The van der Waals surface area contributed by atoms with Crippen molar-refractivity contribution in [2.24, 2.45) is 11.7 Å². The molecule has 1 fully saturated rings. The zero-order chi connectivity index (χ0) is 20.3. The molecule has 1 saturated heterocycles. The summed E-state index contributed by atoms with van der Waals surface area (Å²) in [5.74, 6) is -0.655. The molecule has 0 aliphatic carbocycles. The first-order chi connectivity index (χ1) is 13.4. The Morgan fingerprint density at radius 2 is 1.96 bits per heavy atom. The van der Waals surface area contributed by atoms with Crippen molar-refractivity contribution in [2.75, 3.05) is 19.7 Å². The van der Waals surface area contributed by atoms with E-state index in [2.05, 4.69) is 29.9 Å². The van der Waals surface area contributed by atoms with Crippen LogP contribution in [0.25, 0.3) is 5.69 Å². The number of benzene rings is 1. The van der Waals surface area contributed by atoms with Gasteiger partial charge in [0.15, 0.2) is 0 Å². The number of nitrogens with zero attached hydrogens (tertiary/aromatic N) is 3. The van der Waals surface area contributed by atoms with Crippen LogP contribution >= 0.6 is 0 Å². The van der Waals surface area contributed by atoms with Crippen molar-refractivity contribution >= 4 is 11.9 Å². The molecule has 2 heterocycles. The Kier molecular flexibility index (Phi) is 6.14. The molecule has 7 heteroatoms. The smallest absolute Gasteiger partial charge is 0.341 e. The van der Waals surface area contributed by atoms with Gasteiger partial charge in [0.25, 0.3) is 0 Å². The summed E-state index contributed by atoms with van der Waals surface area (Å²) in [5, 5.41) is 4.52. The lowest BCUT2D eigenvalue weighted by Gasteiger charge is -2.30. The number of esters is 1. The Morgan fingerprint density at radius 1 is 1.25 bits per heavy atom. The number of ether oxygens (including phenoxy) is 1. The van der Waals surface area contributed by atoms with Gasteiger partial charge < -0.3 is 10.5 Å². The lowest BCUT2D eigenvalue weighted by atomic mass is 9.96. The van der Waals surface area contributed by atoms with Gasteiger partial charge in [0.2, 0.25) is 5.91 Å². The maximum Gasteiger partial charge on any atom is 0.341 e. The van der Waals surface area contributed by atoms with Crippen LogP contribution in [-0.4, -0.2) is 46.3 Å². The van der Waals surface area contributed by atoms with Crippen LogP contribution in [0.2, 0.25) is 0 Å². The second-order valence-corrected chi connectivity index (χ2v) is 7.31. The lowest BCUT2D eigenvalue weighted by molar-refractivity contribution is -0.123. The molecule has 2 aromatic rings. The molecular weight excluding hydrogens is 356 g/mol. The maximum absolute atomic E-state index is 12.5. The van der Waals surface area contributed by atoms with Crippen LogP contribution in [0.3, 0.4) is 0 Å². The van der Waals surface area contributed by atoms with Crippen molar-refractivity contribution in [3.63, 3.8) is 0 Å². The highest BCUT2D eigenvalue weighted by molar-refractivity contribution is 5.90. The van der Waals surface area contributed by atoms with Crippen LogP contribution in [0, 0.1) is 19.8 Å². The number of rotatable bonds is 6. The van der Waals surface area contributed by atoms with Crippen molar-refractivity contribution < 1.29 is 14.3 Å². The first-order valence-electron chi connectivity index (χ1n) is 9.74. The minimum atomic E-state index is -0.360. The molecule has 1 aliphatic heterocycles. The fraction of sp³-hybridized carbons (Fsp3) is 0.476. The number of hydrogen-bond donors (Lipinski definition) is 1. The summed E-state index contributed by atoms with van der Waals surface area (Å²) < 4.78 is 7.08. The molecule has 0 radical (unpaired) electrons. The van der Waals surface area contributed by atoms with Crippen LogP contribution in [-0.2, 0) is 16.1 Å². The quantitative estimate of drug-likeness (QED) is 0.772. The molecule has 0 atom stereocenters. The molecule has 0 spiro atoms. The number of carbonyl (C=O) groups is 2. The molecule has 2 N–H and O–H groups in total. The molecule has 0 unspecified atom stereocenters. The van der Waals surface area contributed by atoms with E-state index in [-0.39, 0.29) is 17.8 Å². The molecule has 1 aliphatic rings. The van der Waals surface area contributed by atoms with Gasteiger partial charge in [0.05, 0.1) is 24.2 Å².